The molecule has 0 radical (unpaired) electrons. The monoisotopic (exact) mass is 256 g/mol. The average molecular weight is 257 g/mol. The summed E-state index contributed by atoms with van der Waals surface area (Å²) in [7, 11) is 0.757. The lowest BCUT2D eigenvalue weighted by atomic mass is 10.5. The zero-order valence-electron chi connectivity index (χ0n) is 6.93. The van der Waals surface area contributed by atoms with Crippen LogP contribution in [-0.2, 0) is 4.79 Å². The number of rotatable bonds is 6. The number of carbonyl (C=O) groups excluding carboxylic acids is 1. The third-order valence-corrected chi connectivity index (χ3v) is 2.20. The SMILES string of the molecule is CPCNC(O)CNC(=O)CBr. The van der Waals surface area contributed by atoms with Crippen LogP contribution in [0.2, 0.25) is 0 Å². The molecule has 0 aromatic heterocycles. The summed E-state index contributed by atoms with van der Waals surface area (Å²) in [6.45, 7) is 2.30. The van der Waals surface area contributed by atoms with Crippen molar-refractivity contribution in [2.75, 3.05) is 24.8 Å². The Kier molecular flexibility index (Phi) is 8.12. The van der Waals surface area contributed by atoms with Gasteiger partial charge in [0.15, 0.2) is 0 Å². The zero-order valence-corrected chi connectivity index (χ0v) is 9.52. The summed E-state index contributed by atoms with van der Waals surface area (Å²) in [5.74, 6) is -0.116. The van der Waals surface area contributed by atoms with Gasteiger partial charge in [-0.3, -0.25) is 10.1 Å². The molecule has 0 aromatic carbocycles. The normalized spacial score (nSPS) is 13.6. The van der Waals surface area contributed by atoms with Crippen LogP contribution in [0.15, 0.2) is 0 Å². The van der Waals surface area contributed by atoms with Gasteiger partial charge in [0.2, 0.25) is 5.91 Å². The Labute approximate surface area is 82.4 Å². The van der Waals surface area contributed by atoms with E-state index in [1.54, 1.807) is 0 Å². The minimum Gasteiger partial charge on any atom is -0.377 e. The van der Waals surface area contributed by atoms with Gasteiger partial charge >= 0.3 is 0 Å². The van der Waals surface area contributed by atoms with Crippen LogP contribution in [0, 0.1) is 0 Å². The Balaban J connectivity index is 3.30. The van der Waals surface area contributed by atoms with E-state index in [9.17, 15) is 9.90 Å². The highest BCUT2D eigenvalue weighted by Crippen LogP contribution is 1.96. The van der Waals surface area contributed by atoms with Crippen molar-refractivity contribution < 1.29 is 9.90 Å². The molecule has 12 heavy (non-hydrogen) atoms. The topological polar surface area (TPSA) is 61.4 Å². The molecule has 0 spiro atoms. The van der Waals surface area contributed by atoms with Gasteiger partial charge in [-0.05, 0) is 6.66 Å². The van der Waals surface area contributed by atoms with Crippen LogP contribution in [-0.4, -0.2) is 42.1 Å². The first-order valence-corrected chi connectivity index (χ1v) is 6.42. The molecule has 0 saturated carbocycles. The maximum Gasteiger partial charge on any atom is 0.230 e. The molecule has 0 aliphatic heterocycles. The molecule has 0 fully saturated rings. The highest BCUT2D eigenvalue weighted by atomic mass is 79.9. The number of aliphatic hydroxyl groups excluding tert-OH is 1. The van der Waals surface area contributed by atoms with Crippen LogP contribution in [0.1, 0.15) is 0 Å². The summed E-state index contributed by atoms with van der Waals surface area (Å²) in [6, 6.07) is 0. The molecule has 3 N–H and O–H groups in total. The van der Waals surface area contributed by atoms with Gasteiger partial charge in [0, 0.05) is 6.29 Å². The third-order valence-electron chi connectivity index (χ3n) is 1.13. The lowest BCUT2D eigenvalue weighted by Crippen LogP contribution is -2.40. The van der Waals surface area contributed by atoms with Crippen molar-refractivity contribution >= 4 is 30.4 Å². The van der Waals surface area contributed by atoms with Crippen LogP contribution < -0.4 is 10.6 Å². The smallest absolute Gasteiger partial charge is 0.230 e. The quantitative estimate of drug-likeness (QED) is 0.347. The van der Waals surface area contributed by atoms with E-state index in [2.05, 4.69) is 26.6 Å². The standard InChI is InChI=1S/C6H14BrN2O2P/c1-12-4-9-6(11)3-8-5(10)2-7/h6,9,11-12H,2-4H2,1H3,(H,8,10). The number of halogens is 1. The molecule has 1 amide bonds. The zero-order chi connectivity index (χ0) is 9.40. The van der Waals surface area contributed by atoms with Crippen molar-refractivity contribution in [1.82, 2.24) is 10.6 Å². The molecule has 72 valence electrons. The van der Waals surface area contributed by atoms with Crippen molar-refractivity contribution in [2.24, 2.45) is 0 Å². The summed E-state index contributed by atoms with van der Waals surface area (Å²) in [5.41, 5.74) is 0. The lowest BCUT2D eigenvalue weighted by Gasteiger charge is -2.12. The highest BCUT2D eigenvalue weighted by Gasteiger charge is 2.03. The molecule has 0 rings (SSSR count). The first-order valence-electron chi connectivity index (χ1n) is 3.59. The lowest BCUT2D eigenvalue weighted by molar-refractivity contribution is -0.119. The number of alkyl halides is 1. The van der Waals surface area contributed by atoms with Crippen molar-refractivity contribution in [3.05, 3.63) is 0 Å². The van der Waals surface area contributed by atoms with E-state index in [0.717, 1.165) is 14.9 Å². The number of hydrogen-bond acceptors (Lipinski definition) is 3. The van der Waals surface area contributed by atoms with Gasteiger partial charge in [0.05, 0.1) is 11.9 Å². The van der Waals surface area contributed by atoms with Crippen LogP contribution >= 0.6 is 24.5 Å². The summed E-state index contributed by atoms with van der Waals surface area (Å²) in [5, 5.41) is 14.9. The van der Waals surface area contributed by atoms with Gasteiger partial charge in [-0.15, -0.1) is 8.58 Å². The van der Waals surface area contributed by atoms with E-state index in [1.807, 2.05) is 6.66 Å². The maximum absolute atomic E-state index is 10.7. The molecule has 0 heterocycles. The fourth-order valence-electron chi connectivity index (χ4n) is 0.550. The molecule has 0 aliphatic rings. The maximum atomic E-state index is 10.7. The number of nitrogens with one attached hydrogen (secondary N) is 2. The van der Waals surface area contributed by atoms with E-state index in [4.69, 9.17) is 0 Å². The Morgan fingerprint density at radius 1 is 1.75 bits per heavy atom. The average Bonchev–Trinajstić information content (AvgIpc) is 2.10. The Morgan fingerprint density at radius 2 is 2.42 bits per heavy atom. The van der Waals surface area contributed by atoms with E-state index < -0.39 is 6.23 Å². The van der Waals surface area contributed by atoms with Gasteiger partial charge in [-0.25, -0.2) is 0 Å². The third kappa shape index (κ3) is 6.98. The first kappa shape index (κ1) is 12.3. The second-order valence-corrected chi connectivity index (χ2v) is 3.81. The van der Waals surface area contributed by atoms with Crippen LogP contribution in [0.3, 0.4) is 0 Å². The predicted octanol–water partition coefficient (Wildman–Crippen LogP) is -0.329. The van der Waals surface area contributed by atoms with Gasteiger partial charge in [-0.2, -0.15) is 0 Å². The molecule has 2 atom stereocenters. The van der Waals surface area contributed by atoms with E-state index in [1.165, 1.54) is 0 Å². The molecule has 6 heteroatoms. The van der Waals surface area contributed by atoms with Crippen LogP contribution in [0.5, 0.6) is 0 Å². The second-order valence-electron chi connectivity index (χ2n) is 2.19. The Hall–Kier alpha value is 0.300. The van der Waals surface area contributed by atoms with Gasteiger partial charge in [0.25, 0.3) is 0 Å². The van der Waals surface area contributed by atoms with Crippen molar-refractivity contribution in [3.63, 3.8) is 0 Å². The van der Waals surface area contributed by atoms with Gasteiger partial charge < -0.3 is 10.4 Å². The molecule has 2 unspecified atom stereocenters. The predicted molar refractivity (Wildman–Crippen MR) is 55.1 cm³/mol. The molecule has 0 saturated heterocycles. The van der Waals surface area contributed by atoms with Crippen LogP contribution in [0.4, 0.5) is 0 Å². The van der Waals surface area contributed by atoms with E-state index in [-0.39, 0.29) is 17.8 Å². The molecule has 4 nitrogen and oxygen atoms in total. The fourth-order valence-corrected chi connectivity index (χ4v) is 1.19. The number of aliphatic hydroxyl groups is 1. The van der Waals surface area contributed by atoms with Gasteiger partial charge in [0.1, 0.15) is 6.23 Å². The van der Waals surface area contributed by atoms with E-state index in [0.29, 0.717) is 0 Å². The van der Waals surface area contributed by atoms with Crippen LogP contribution in [0.25, 0.3) is 0 Å². The summed E-state index contributed by atoms with van der Waals surface area (Å²) in [6.07, 6.45) is 0.145. The van der Waals surface area contributed by atoms with Crippen molar-refractivity contribution in [1.29, 1.82) is 0 Å². The number of carbonyl (C=O) groups is 1. The fraction of sp³-hybridized carbons (Fsp3) is 0.833. The Bertz CT molecular complexity index is 137. The van der Waals surface area contributed by atoms with E-state index >= 15 is 0 Å². The highest BCUT2D eigenvalue weighted by molar-refractivity contribution is 9.09. The minimum atomic E-state index is -0.638. The summed E-state index contributed by atoms with van der Waals surface area (Å²) in [4.78, 5) is 10.7. The molecular formula is C6H14BrN2O2P. The second kappa shape index (κ2) is 7.92. The molecule has 0 aromatic rings. The van der Waals surface area contributed by atoms with Crippen molar-refractivity contribution in [2.45, 2.75) is 6.23 Å². The molecule has 0 bridgehead atoms. The Morgan fingerprint density at radius 3 is 2.92 bits per heavy atom. The summed E-state index contributed by atoms with van der Waals surface area (Å²) >= 11 is 3.00. The first-order chi connectivity index (χ1) is 5.70. The molecular weight excluding hydrogens is 243 g/mol. The molecule has 0 aliphatic carbocycles. The van der Waals surface area contributed by atoms with Crippen molar-refractivity contribution in [3.8, 4) is 0 Å². The number of hydrogen-bond donors (Lipinski definition) is 3. The van der Waals surface area contributed by atoms with Gasteiger partial charge in [-0.1, -0.05) is 15.9 Å². The summed E-state index contributed by atoms with van der Waals surface area (Å²) < 4.78 is 0. The number of amides is 1. The minimum absolute atomic E-state index is 0.116. The largest absolute Gasteiger partial charge is 0.377 e.